The number of aromatic nitrogens is 2. The van der Waals surface area contributed by atoms with Crippen LogP contribution in [0, 0.1) is 0 Å². The molecule has 224 valence electrons. The number of amides is 4. The number of thiazole rings is 1. The summed E-state index contributed by atoms with van der Waals surface area (Å²) in [5, 5.41) is 12.5. The van der Waals surface area contributed by atoms with Gasteiger partial charge >= 0.3 is 12.0 Å². The first-order valence-electron chi connectivity index (χ1n) is 13.4. The first-order chi connectivity index (χ1) is 20.4. The normalized spacial score (nSPS) is 11.2. The van der Waals surface area contributed by atoms with Crippen molar-refractivity contribution >= 4 is 40.3 Å². The quantitative estimate of drug-likeness (QED) is 0.122. The van der Waals surface area contributed by atoms with E-state index in [1.807, 2.05) is 24.3 Å². The van der Waals surface area contributed by atoms with E-state index < -0.39 is 23.9 Å². The Hall–Kier alpha value is -4.56. The average molecular weight is 598 g/mol. The Balaban J connectivity index is 1.43. The van der Waals surface area contributed by atoms with Crippen LogP contribution in [0.4, 0.5) is 9.93 Å². The van der Waals surface area contributed by atoms with Gasteiger partial charge in [0.1, 0.15) is 11.4 Å². The van der Waals surface area contributed by atoms with Crippen LogP contribution in [0.25, 0.3) is 0 Å². The minimum Gasteiger partial charge on any atom is -0.493 e. The number of esters is 1. The molecule has 1 unspecified atom stereocenters. The maximum atomic E-state index is 12.5. The lowest BCUT2D eigenvalue weighted by Crippen LogP contribution is -2.34. The van der Waals surface area contributed by atoms with Crippen molar-refractivity contribution in [2.75, 3.05) is 31.6 Å². The first-order valence-corrected chi connectivity index (χ1v) is 14.3. The van der Waals surface area contributed by atoms with Gasteiger partial charge in [0.2, 0.25) is 5.91 Å². The van der Waals surface area contributed by atoms with Gasteiger partial charge in [0.15, 0.2) is 5.13 Å². The van der Waals surface area contributed by atoms with E-state index in [2.05, 4.69) is 31.2 Å². The zero-order valence-corrected chi connectivity index (χ0v) is 24.1. The highest BCUT2D eigenvalue weighted by atomic mass is 32.1. The number of nitrogens with zero attached hydrogens (tertiary/aromatic N) is 2. The van der Waals surface area contributed by atoms with E-state index in [4.69, 9.17) is 15.2 Å². The number of benzene rings is 1. The number of nitrogens with one attached hydrogen (secondary N) is 4. The molecular weight excluding hydrogens is 562 g/mol. The van der Waals surface area contributed by atoms with E-state index in [-0.39, 0.29) is 49.3 Å². The number of para-hydroxylation sites is 1. The van der Waals surface area contributed by atoms with Crippen molar-refractivity contribution in [2.45, 2.75) is 38.8 Å². The summed E-state index contributed by atoms with van der Waals surface area (Å²) in [6, 6.07) is 9.73. The summed E-state index contributed by atoms with van der Waals surface area (Å²) in [6.45, 7) is 3.21. The molecule has 0 fully saturated rings. The molecule has 0 aliphatic rings. The fourth-order valence-corrected chi connectivity index (χ4v) is 4.36. The van der Waals surface area contributed by atoms with Crippen LogP contribution in [0.3, 0.4) is 0 Å². The number of urea groups is 1. The molecule has 1 aromatic carbocycles. The average Bonchev–Trinajstić information content (AvgIpc) is 3.45. The molecule has 3 aromatic rings. The molecule has 0 saturated heterocycles. The maximum Gasteiger partial charge on any atom is 0.321 e. The van der Waals surface area contributed by atoms with Gasteiger partial charge in [-0.2, -0.15) is 0 Å². The summed E-state index contributed by atoms with van der Waals surface area (Å²) in [5.41, 5.74) is 7.08. The van der Waals surface area contributed by atoms with Crippen molar-refractivity contribution in [3.8, 4) is 5.75 Å². The Morgan fingerprint density at radius 3 is 2.69 bits per heavy atom. The molecule has 2 heterocycles. The molecule has 13 nitrogen and oxygen atoms in total. The van der Waals surface area contributed by atoms with Gasteiger partial charge in [-0.25, -0.2) is 9.78 Å². The van der Waals surface area contributed by atoms with Crippen molar-refractivity contribution in [3.63, 3.8) is 0 Å². The smallest absolute Gasteiger partial charge is 0.321 e. The summed E-state index contributed by atoms with van der Waals surface area (Å²) in [7, 11) is 0. The molecule has 0 aliphatic carbocycles. The van der Waals surface area contributed by atoms with Gasteiger partial charge in [-0.3, -0.25) is 24.7 Å². The summed E-state index contributed by atoms with van der Waals surface area (Å²) < 4.78 is 10.7. The van der Waals surface area contributed by atoms with E-state index >= 15 is 0 Å². The molecule has 3 rings (SSSR count). The number of carbonyl (C=O) groups is 4. The molecule has 1 atom stereocenters. The molecule has 42 heavy (non-hydrogen) atoms. The lowest BCUT2D eigenvalue weighted by atomic mass is 10.1. The first kappa shape index (κ1) is 32.0. The molecule has 0 radical (unpaired) electrons. The highest BCUT2D eigenvalue weighted by molar-refractivity contribution is 7.14. The van der Waals surface area contributed by atoms with Gasteiger partial charge in [-0.05, 0) is 37.6 Å². The zero-order chi connectivity index (χ0) is 30.2. The maximum absolute atomic E-state index is 12.5. The Morgan fingerprint density at radius 2 is 1.93 bits per heavy atom. The van der Waals surface area contributed by atoms with E-state index in [9.17, 15) is 19.2 Å². The summed E-state index contributed by atoms with van der Waals surface area (Å²) in [6.07, 6.45) is 3.81. The number of nitrogens with two attached hydrogens (primary N) is 1. The molecular formula is C28H35N7O6S. The molecule has 0 bridgehead atoms. The second kappa shape index (κ2) is 17.3. The number of rotatable bonds is 16. The lowest BCUT2D eigenvalue weighted by molar-refractivity contribution is -0.143. The van der Waals surface area contributed by atoms with E-state index in [1.165, 1.54) is 5.38 Å². The predicted octanol–water partition coefficient (Wildman–Crippen LogP) is 2.52. The second-order valence-corrected chi connectivity index (χ2v) is 9.72. The van der Waals surface area contributed by atoms with Gasteiger partial charge in [0.05, 0.1) is 25.7 Å². The van der Waals surface area contributed by atoms with Crippen LogP contribution in [-0.2, 0) is 20.9 Å². The van der Waals surface area contributed by atoms with Crippen LogP contribution in [-0.4, -0.2) is 60.1 Å². The van der Waals surface area contributed by atoms with Crippen LogP contribution in [0.5, 0.6) is 5.75 Å². The third-order valence-corrected chi connectivity index (χ3v) is 6.47. The van der Waals surface area contributed by atoms with Crippen LogP contribution in [0.2, 0.25) is 0 Å². The van der Waals surface area contributed by atoms with Gasteiger partial charge in [-0.1, -0.05) is 24.3 Å². The van der Waals surface area contributed by atoms with Gasteiger partial charge < -0.3 is 31.2 Å². The van der Waals surface area contributed by atoms with Crippen molar-refractivity contribution in [3.05, 3.63) is 71.0 Å². The highest BCUT2D eigenvalue weighted by Crippen LogP contribution is 2.19. The number of hydrogen-bond donors (Lipinski definition) is 5. The minimum absolute atomic E-state index is 0.0274. The molecule has 0 spiro atoms. The van der Waals surface area contributed by atoms with Gasteiger partial charge in [-0.15, -0.1) is 11.3 Å². The molecule has 14 heteroatoms. The number of hydrogen-bond acceptors (Lipinski definition) is 10. The van der Waals surface area contributed by atoms with Gasteiger partial charge in [0, 0.05) is 42.8 Å². The summed E-state index contributed by atoms with van der Waals surface area (Å²) >= 11 is 1.09. The third-order valence-electron chi connectivity index (χ3n) is 5.71. The second-order valence-electron chi connectivity index (χ2n) is 8.87. The topological polar surface area (TPSA) is 187 Å². The summed E-state index contributed by atoms with van der Waals surface area (Å²) in [4.78, 5) is 57.6. The highest BCUT2D eigenvalue weighted by Gasteiger charge is 2.20. The van der Waals surface area contributed by atoms with Crippen LogP contribution >= 0.6 is 11.3 Å². The Kier molecular flexibility index (Phi) is 13.2. The van der Waals surface area contributed by atoms with E-state index in [1.54, 1.807) is 31.5 Å². The van der Waals surface area contributed by atoms with Crippen molar-refractivity contribution in [1.82, 2.24) is 25.9 Å². The van der Waals surface area contributed by atoms with E-state index in [0.29, 0.717) is 24.5 Å². The molecule has 6 N–H and O–H groups in total. The van der Waals surface area contributed by atoms with Crippen LogP contribution in [0.1, 0.15) is 53.8 Å². The van der Waals surface area contributed by atoms with Crippen molar-refractivity contribution < 1.29 is 28.7 Å². The summed E-state index contributed by atoms with van der Waals surface area (Å²) in [5.74, 6) is -0.637. The molecule has 2 aromatic heterocycles. The molecule has 0 aliphatic heterocycles. The number of pyridine rings is 1. The lowest BCUT2D eigenvalue weighted by Gasteiger charge is -2.18. The van der Waals surface area contributed by atoms with Crippen LogP contribution in [0.15, 0.2) is 54.2 Å². The Morgan fingerprint density at radius 1 is 1.10 bits per heavy atom. The number of ether oxygens (including phenoxy) is 2. The zero-order valence-electron chi connectivity index (χ0n) is 23.3. The Bertz CT molecular complexity index is 1320. The third kappa shape index (κ3) is 10.8. The predicted molar refractivity (Wildman–Crippen MR) is 157 cm³/mol. The van der Waals surface area contributed by atoms with Crippen LogP contribution < -0.4 is 31.7 Å². The SMILES string of the molecule is CCOC(=O)CC(NC(=O)CCNC(=O)c1csc(NC(=O)NCc2ccccc2OCCCN)n1)c1cccnc1. The largest absolute Gasteiger partial charge is 0.493 e. The minimum atomic E-state index is -0.614. The van der Waals surface area contributed by atoms with Crippen molar-refractivity contribution in [1.29, 1.82) is 0 Å². The number of anilines is 1. The molecule has 0 saturated carbocycles. The molecule has 4 amide bonds. The van der Waals surface area contributed by atoms with Gasteiger partial charge in [0.25, 0.3) is 5.91 Å². The van der Waals surface area contributed by atoms with Crippen molar-refractivity contribution in [2.24, 2.45) is 5.73 Å². The fraction of sp³-hybridized carbons (Fsp3) is 0.357. The monoisotopic (exact) mass is 597 g/mol. The standard InChI is InChI=1S/C28H35N7O6S/c1-2-40-25(37)15-21(19-8-5-12-30-16-19)33-24(36)10-13-31-26(38)22-18-42-28(34-22)35-27(39)32-17-20-7-3-4-9-23(20)41-14-6-11-29/h3-5,7-9,12,16,18,21H,2,6,10-11,13-15,17,29H2,1H3,(H,31,38)(H,33,36)(H2,32,34,35,39). The van der Waals surface area contributed by atoms with E-state index in [0.717, 1.165) is 23.3 Å². The fourth-order valence-electron chi connectivity index (χ4n) is 3.68. The Labute approximate surface area is 247 Å². The number of carbonyl (C=O) groups excluding carboxylic acids is 4.